The molecule has 26 heavy (non-hydrogen) atoms. The van der Waals surface area contributed by atoms with Crippen molar-refractivity contribution >= 4 is 25.5 Å². The molecule has 0 spiro atoms. The summed E-state index contributed by atoms with van der Waals surface area (Å²) < 4.78 is 23.3. The molecule has 1 N–H and O–H groups in total. The molecule has 1 aliphatic rings. The van der Waals surface area contributed by atoms with Crippen LogP contribution in [-0.4, -0.2) is 40.9 Å². The fraction of sp³-hybridized carbons (Fsp3) is 0.471. The second-order valence-corrected chi connectivity index (χ2v) is 8.12. The first-order chi connectivity index (χ1) is 12.1. The van der Waals surface area contributed by atoms with Crippen LogP contribution in [0.25, 0.3) is 0 Å². The van der Waals surface area contributed by atoms with Crippen molar-refractivity contribution in [3.05, 3.63) is 35.4 Å². The molecular formula is C17H23N2O6P. The van der Waals surface area contributed by atoms with Gasteiger partial charge in [-0.05, 0) is 46.8 Å². The Hall–Kier alpha value is -2.02. The van der Waals surface area contributed by atoms with E-state index in [1.807, 2.05) is 0 Å². The van der Waals surface area contributed by atoms with Gasteiger partial charge >= 0.3 is 7.75 Å². The number of carbonyl (C=O) groups is 3. The van der Waals surface area contributed by atoms with Gasteiger partial charge in [-0.25, -0.2) is 4.57 Å². The first-order valence-corrected chi connectivity index (χ1v) is 9.86. The van der Waals surface area contributed by atoms with Crippen LogP contribution in [0.15, 0.2) is 24.3 Å². The Kier molecular flexibility index (Phi) is 6.01. The van der Waals surface area contributed by atoms with Crippen molar-refractivity contribution in [1.82, 2.24) is 9.99 Å². The molecule has 0 bridgehead atoms. The summed E-state index contributed by atoms with van der Waals surface area (Å²) in [6.45, 7) is 7.98. The highest BCUT2D eigenvalue weighted by Gasteiger charge is 2.42. The highest BCUT2D eigenvalue weighted by Crippen LogP contribution is 2.46. The minimum Gasteiger partial charge on any atom is -0.289 e. The molecule has 0 aromatic heterocycles. The van der Waals surface area contributed by atoms with E-state index in [2.05, 4.69) is 5.09 Å². The quantitative estimate of drug-likeness (QED) is 0.575. The van der Waals surface area contributed by atoms with E-state index in [1.54, 1.807) is 39.8 Å². The Morgan fingerprint density at radius 1 is 0.962 bits per heavy atom. The molecule has 2 rings (SSSR count). The Morgan fingerprint density at radius 2 is 1.38 bits per heavy atom. The van der Waals surface area contributed by atoms with E-state index in [0.29, 0.717) is 0 Å². The van der Waals surface area contributed by atoms with Crippen LogP contribution in [0.4, 0.5) is 0 Å². The Balaban J connectivity index is 2.20. The number of carbonyl (C=O) groups excluding carboxylic acids is 3. The predicted octanol–water partition coefficient (Wildman–Crippen LogP) is 2.75. The third-order valence-electron chi connectivity index (χ3n) is 3.54. The van der Waals surface area contributed by atoms with Gasteiger partial charge in [0.25, 0.3) is 17.7 Å². The van der Waals surface area contributed by atoms with Crippen LogP contribution in [0.1, 0.15) is 55.3 Å². The van der Waals surface area contributed by atoms with Gasteiger partial charge in [-0.15, -0.1) is 0 Å². The molecule has 9 heteroatoms. The molecule has 0 saturated heterocycles. The monoisotopic (exact) mass is 382 g/mol. The number of nitrogens with zero attached hydrogens (tertiary/aromatic N) is 1. The first kappa shape index (κ1) is 20.3. The van der Waals surface area contributed by atoms with Gasteiger partial charge in [-0.1, -0.05) is 12.1 Å². The molecule has 0 fully saturated rings. The highest BCUT2D eigenvalue weighted by molar-refractivity contribution is 7.52. The zero-order chi connectivity index (χ0) is 19.6. The summed E-state index contributed by atoms with van der Waals surface area (Å²) in [4.78, 5) is 38.3. The summed E-state index contributed by atoms with van der Waals surface area (Å²) in [7, 11) is -3.94. The molecule has 1 aromatic carbocycles. The second-order valence-electron chi connectivity index (χ2n) is 6.48. The minimum atomic E-state index is -3.94. The van der Waals surface area contributed by atoms with Gasteiger partial charge in [-0.2, -0.15) is 0 Å². The van der Waals surface area contributed by atoms with Crippen LogP contribution in [-0.2, 0) is 18.4 Å². The van der Waals surface area contributed by atoms with Crippen molar-refractivity contribution in [2.75, 3.05) is 0 Å². The molecule has 142 valence electrons. The fourth-order valence-electron chi connectivity index (χ4n) is 2.54. The Morgan fingerprint density at radius 3 is 1.77 bits per heavy atom. The summed E-state index contributed by atoms with van der Waals surface area (Å²) in [5.41, 5.74) is 0.467. The van der Waals surface area contributed by atoms with E-state index in [9.17, 15) is 18.9 Å². The molecule has 1 atom stereocenters. The molecule has 0 saturated carbocycles. The summed E-state index contributed by atoms with van der Waals surface area (Å²) in [6.07, 6.45) is -0.927. The smallest absolute Gasteiger partial charge is 0.289 e. The molecule has 1 aliphatic heterocycles. The number of rotatable bonds is 7. The second kappa shape index (κ2) is 7.70. The van der Waals surface area contributed by atoms with E-state index in [4.69, 9.17) is 9.05 Å². The summed E-state index contributed by atoms with van der Waals surface area (Å²) >= 11 is 0. The number of benzene rings is 1. The van der Waals surface area contributed by atoms with Crippen LogP contribution in [0.2, 0.25) is 0 Å². The van der Waals surface area contributed by atoms with Gasteiger partial charge < -0.3 is 0 Å². The maximum absolute atomic E-state index is 12.8. The van der Waals surface area contributed by atoms with E-state index in [-0.39, 0.29) is 11.1 Å². The van der Waals surface area contributed by atoms with Crippen molar-refractivity contribution in [2.24, 2.45) is 0 Å². The molecular weight excluding hydrogens is 359 g/mol. The van der Waals surface area contributed by atoms with Crippen molar-refractivity contribution in [2.45, 2.75) is 52.9 Å². The highest BCUT2D eigenvalue weighted by atomic mass is 31.2. The van der Waals surface area contributed by atoms with Gasteiger partial charge in [-0.3, -0.25) is 33.4 Å². The lowest BCUT2D eigenvalue weighted by atomic mass is 10.1. The number of imide groups is 1. The number of nitrogens with one attached hydrogen (secondary N) is 1. The van der Waals surface area contributed by atoms with Crippen LogP contribution >= 0.6 is 7.75 Å². The number of hydrogen-bond acceptors (Lipinski definition) is 6. The topological polar surface area (TPSA) is 102 Å². The van der Waals surface area contributed by atoms with Crippen molar-refractivity contribution in [3.8, 4) is 0 Å². The SMILES string of the molecule is CC(C)OP(=O)(NC(=O)C(C)N1C(=O)c2ccccc2C1=O)OC(C)C. The standard InChI is InChI=1S/C17H23N2O6P/c1-10(2)24-26(23,25-11(3)4)18-15(20)12(5)19-16(21)13-8-6-7-9-14(13)17(19)22/h6-12H,1-5H3,(H,18,20,23). The van der Waals surface area contributed by atoms with E-state index >= 15 is 0 Å². The van der Waals surface area contributed by atoms with Gasteiger partial charge in [0.05, 0.1) is 23.3 Å². The Bertz CT molecular complexity index is 727. The summed E-state index contributed by atoms with van der Waals surface area (Å²) in [5, 5.41) is 2.23. The molecule has 1 aromatic rings. The number of hydrogen-bond donors (Lipinski definition) is 1. The van der Waals surface area contributed by atoms with Crippen LogP contribution in [0, 0.1) is 0 Å². The third kappa shape index (κ3) is 4.20. The molecule has 8 nitrogen and oxygen atoms in total. The van der Waals surface area contributed by atoms with Crippen molar-refractivity contribution in [1.29, 1.82) is 0 Å². The van der Waals surface area contributed by atoms with E-state index in [0.717, 1.165) is 4.90 Å². The van der Waals surface area contributed by atoms with E-state index in [1.165, 1.54) is 19.1 Å². The maximum atomic E-state index is 12.8. The average Bonchev–Trinajstić information content (AvgIpc) is 2.76. The number of amides is 3. The van der Waals surface area contributed by atoms with Gasteiger partial charge in [0.15, 0.2) is 0 Å². The first-order valence-electron chi connectivity index (χ1n) is 8.31. The average molecular weight is 382 g/mol. The van der Waals surface area contributed by atoms with Gasteiger partial charge in [0.2, 0.25) is 0 Å². The molecule has 0 aliphatic carbocycles. The van der Waals surface area contributed by atoms with E-state index < -0.39 is 43.7 Å². The van der Waals surface area contributed by atoms with Crippen LogP contribution < -0.4 is 5.09 Å². The van der Waals surface area contributed by atoms with Gasteiger partial charge in [0.1, 0.15) is 6.04 Å². The normalized spacial score (nSPS) is 15.6. The largest absolute Gasteiger partial charge is 0.435 e. The van der Waals surface area contributed by atoms with Crippen LogP contribution in [0.3, 0.4) is 0 Å². The lowest BCUT2D eigenvalue weighted by Gasteiger charge is -2.26. The Labute approximate surface area is 152 Å². The van der Waals surface area contributed by atoms with Gasteiger partial charge in [0, 0.05) is 0 Å². The predicted molar refractivity (Wildman–Crippen MR) is 94.6 cm³/mol. The third-order valence-corrected chi connectivity index (χ3v) is 5.43. The van der Waals surface area contributed by atoms with Crippen molar-refractivity contribution in [3.63, 3.8) is 0 Å². The maximum Gasteiger partial charge on any atom is 0.435 e. The fourth-order valence-corrected chi connectivity index (χ4v) is 4.26. The molecule has 0 radical (unpaired) electrons. The lowest BCUT2D eigenvalue weighted by molar-refractivity contribution is -0.123. The zero-order valence-electron chi connectivity index (χ0n) is 15.4. The van der Waals surface area contributed by atoms with Crippen molar-refractivity contribution < 1.29 is 28.0 Å². The zero-order valence-corrected chi connectivity index (χ0v) is 16.3. The summed E-state index contributed by atoms with van der Waals surface area (Å²) in [6, 6.07) is 5.14. The molecule has 1 unspecified atom stereocenters. The molecule has 1 heterocycles. The lowest BCUT2D eigenvalue weighted by Crippen LogP contribution is -2.47. The molecule has 3 amide bonds. The number of fused-ring (bicyclic) bond motifs is 1. The summed E-state index contributed by atoms with van der Waals surface area (Å²) in [5.74, 6) is -1.94. The minimum absolute atomic E-state index is 0.234. The van der Waals surface area contributed by atoms with Crippen LogP contribution in [0.5, 0.6) is 0 Å².